The SMILES string of the molecule is CCC(C(=O)Nc1nc2ccccc2[nH]1)n1cnc2ccccc2c1=O. The number of hydrogen-bond donors (Lipinski definition) is 2. The molecule has 2 aromatic carbocycles. The first-order valence-electron chi connectivity index (χ1n) is 8.39. The zero-order valence-corrected chi connectivity index (χ0v) is 14.1. The molecule has 0 saturated carbocycles. The molecule has 130 valence electrons. The Morgan fingerprint density at radius 2 is 1.88 bits per heavy atom. The van der Waals surface area contributed by atoms with Crippen LogP contribution in [0.5, 0.6) is 0 Å². The molecule has 0 bridgehead atoms. The maximum Gasteiger partial charge on any atom is 0.261 e. The van der Waals surface area contributed by atoms with Crippen LogP contribution in [0.25, 0.3) is 21.9 Å². The fraction of sp³-hybridized carbons (Fsp3) is 0.158. The summed E-state index contributed by atoms with van der Waals surface area (Å²) in [6, 6.07) is 13.9. The van der Waals surface area contributed by atoms with E-state index in [0.29, 0.717) is 23.3 Å². The van der Waals surface area contributed by atoms with Crippen molar-refractivity contribution in [2.45, 2.75) is 19.4 Å². The van der Waals surface area contributed by atoms with Gasteiger partial charge in [0.25, 0.3) is 5.56 Å². The number of imidazole rings is 1. The molecule has 4 rings (SSSR count). The largest absolute Gasteiger partial charge is 0.324 e. The Hall–Kier alpha value is -3.48. The zero-order chi connectivity index (χ0) is 18.1. The number of aromatic nitrogens is 4. The van der Waals surface area contributed by atoms with E-state index in [1.54, 1.807) is 18.2 Å². The second-order valence-corrected chi connectivity index (χ2v) is 5.99. The summed E-state index contributed by atoms with van der Waals surface area (Å²) in [5.41, 5.74) is 1.98. The van der Waals surface area contributed by atoms with Crippen molar-refractivity contribution in [3.63, 3.8) is 0 Å². The van der Waals surface area contributed by atoms with Crippen molar-refractivity contribution in [2.24, 2.45) is 0 Å². The smallest absolute Gasteiger partial charge is 0.261 e. The number of amides is 1. The van der Waals surface area contributed by atoms with Gasteiger partial charge in [-0.3, -0.25) is 19.5 Å². The van der Waals surface area contributed by atoms with Crippen molar-refractivity contribution < 1.29 is 4.79 Å². The van der Waals surface area contributed by atoms with Gasteiger partial charge in [-0.05, 0) is 30.7 Å². The van der Waals surface area contributed by atoms with Gasteiger partial charge in [0.15, 0.2) is 0 Å². The third-order valence-electron chi connectivity index (χ3n) is 4.35. The maximum atomic E-state index is 12.8. The summed E-state index contributed by atoms with van der Waals surface area (Å²) < 4.78 is 1.38. The Morgan fingerprint density at radius 1 is 1.15 bits per heavy atom. The van der Waals surface area contributed by atoms with Gasteiger partial charge in [-0.25, -0.2) is 9.97 Å². The molecule has 0 aliphatic rings. The topological polar surface area (TPSA) is 92.7 Å². The first kappa shape index (κ1) is 16.0. The first-order valence-corrected chi connectivity index (χ1v) is 8.39. The van der Waals surface area contributed by atoms with Crippen LogP contribution in [0.4, 0.5) is 5.95 Å². The summed E-state index contributed by atoms with van der Waals surface area (Å²) in [6.45, 7) is 1.85. The zero-order valence-electron chi connectivity index (χ0n) is 14.1. The van der Waals surface area contributed by atoms with E-state index in [2.05, 4.69) is 20.3 Å². The second-order valence-electron chi connectivity index (χ2n) is 5.99. The van der Waals surface area contributed by atoms with Crippen molar-refractivity contribution in [1.29, 1.82) is 0 Å². The third-order valence-corrected chi connectivity index (χ3v) is 4.35. The van der Waals surface area contributed by atoms with Gasteiger partial charge < -0.3 is 4.98 Å². The van der Waals surface area contributed by atoms with Gasteiger partial charge in [-0.2, -0.15) is 0 Å². The van der Waals surface area contributed by atoms with Crippen LogP contribution in [0.1, 0.15) is 19.4 Å². The number of nitrogens with one attached hydrogen (secondary N) is 2. The van der Waals surface area contributed by atoms with Crippen molar-refractivity contribution >= 4 is 33.8 Å². The molecule has 1 atom stereocenters. The summed E-state index contributed by atoms with van der Waals surface area (Å²) in [4.78, 5) is 37.2. The Morgan fingerprint density at radius 3 is 2.65 bits per heavy atom. The van der Waals surface area contributed by atoms with E-state index in [9.17, 15) is 9.59 Å². The molecule has 2 aromatic heterocycles. The van der Waals surface area contributed by atoms with E-state index < -0.39 is 6.04 Å². The average Bonchev–Trinajstić information content (AvgIpc) is 3.06. The highest BCUT2D eigenvalue weighted by Crippen LogP contribution is 2.17. The van der Waals surface area contributed by atoms with Crippen molar-refractivity contribution in [3.8, 4) is 0 Å². The quantitative estimate of drug-likeness (QED) is 0.594. The molecule has 2 N–H and O–H groups in total. The third kappa shape index (κ3) is 2.73. The highest BCUT2D eigenvalue weighted by molar-refractivity contribution is 5.94. The predicted molar refractivity (Wildman–Crippen MR) is 100 cm³/mol. The molecule has 0 aliphatic carbocycles. The van der Waals surface area contributed by atoms with Crippen LogP contribution in [-0.2, 0) is 4.79 Å². The minimum Gasteiger partial charge on any atom is -0.324 e. The second kappa shape index (κ2) is 6.44. The Labute approximate surface area is 148 Å². The van der Waals surface area contributed by atoms with E-state index in [-0.39, 0.29) is 11.5 Å². The van der Waals surface area contributed by atoms with Gasteiger partial charge in [0.1, 0.15) is 6.04 Å². The van der Waals surface area contributed by atoms with E-state index in [4.69, 9.17) is 0 Å². The fourth-order valence-electron chi connectivity index (χ4n) is 3.03. The van der Waals surface area contributed by atoms with Crippen molar-refractivity contribution in [2.75, 3.05) is 5.32 Å². The van der Waals surface area contributed by atoms with Crippen LogP contribution in [0.3, 0.4) is 0 Å². The highest BCUT2D eigenvalue weighted by Gasteiger charge is 2.21. The van der Waals surface area contributed by atoms with Crippen LogP contribution in [-0.4, -0.2) is 25.4 Å². The summed E-state index contributed by atoms with van der Waals surface area (Å²) in [6.07, 6.45) is 1.88. The van der Waals surface area contributed by atoms with Gasteiger partial charge in [0.2, 0.25) is 11.9 Å². The van der Waals surface area contributed by atoms with Gasteiger partial charge in [-0.1, -0.05) is 31.2 Å². The predicted octanol–water partition coefficient (Wildman–Crippen LogP) is 2.86. The molecule has 0 saturated heterocycles. The minimum atomic E-state index is -0.673. The average molecular weight is 347 g/mol. The lowest BCUT2D eigenvalue weighted by Crippen LogP contribution is -2.33. The monoisotopic (exact) mass is 347 g/mol. The van der Waals surface area contributed by atoms with Gasteiger partial charge in [0.05, 0.1) is 28.3 Å². The van der Waals surface area contributed by atoms with Crippen LogP contribution >= 0.6 is 0 Å². The number of benzene rings is 2. The normalized spacial score (nSPS) is 12.3. The number of anilines is 1. The number of para-hydroxylation sites is 3. The summed E-state index contributed by atoms with van der Waals surface area (Å²) in [7, 11) is 0. The molecule has 7 nitrogen and oxygen atoms in total. The van der Waals surface area contributed by atoms with E-state index >= 15 is 0 Å². The van der Waals surface area contributed by atoms with Crippen LogP contribution in [0.2, 0.25) is 0 Å². The molecule has 0 fully saturated rings. The first-order chi connectivity index (χ1) is 12.7. The van der Waals surface area contributed by atoms with Crippen LogP contribution in [0.15, 0.2) is 59.7 Å². The van der Waals surface area contributed by atoms with Crippen molar-refractivity contribution in [1.82, 2.24) is 19.5 Å². The van der Waals surface area contributed by atoms with Crippen LogP contribution < -0.4 is 10.9 Å². The molecule has 7 heteroatoms. The van der Waals surface area contributed by atoms with Gasteiger partial charge in [-0.15, -0.1) is 0 Å². The molecule has 0 radical (unpaired) electrons. The number of carbonyl (C=O) groups is 1. The molecular formula is C19H17N5O2. The molecule has 26 heavy (non-hydrogen) atoms. The number of fused-ring (bicyclic) bond motifs is 2. The lowest BCUT2D eigenvalue weighted by molar-refractivity contribution is -0.119. The van der Waals surface area contributed by atoms with Crippen LogP contribution in [0, 0.1) is 0 Å². The molecule has 1 amide bonds. The number of H-pyrrole nitrogens is 1. The summed E-state index contributed by atoms with van der Waals surface area (Å²) in [5, 5.41) is 3.25. The minimum absolute atomic E-state index is 0.234. The van der Waals surface area contributed by atoms with Gasteiger partial charge in [0, 0.05) is 0 Å². The lowest BCUT2D eigenvalue weighted by atomic mass is 10.2. The van der Waals surface area contributed by atoms with E-state index in [1.165, 1.54) is 10.9 Å². The lowest BCUT2D eigenvalue weighted by Gasteiger charge is -2.17. The number of aromatic amines is 1. The molecule has 2 heterocycles. The van der Waals surface area contributed by atoms with Gasteiger partial charge >= 0.3 is 0 Å². The Balaban J connectivity index is 1.67. The molecule has 0 aliphatic heterocycles. The molecular weight excluding hydrogens is 330 g/mol. The molecule has 1 unspecified atom stereocenters. The number of hydrogen-bond acceptors (Lipinski definition) is 4. The van der Waals surface area contributed by atoms with E-state index in [0.717, 1.165) is 11.0 Å². The maximum absolute atomic E-state index is 12.8. The van der Waals surface area contributed by atoms with Crippen molar-refractivity contribution in [3.05, 3.63) is 65.2 Å². The fourth-order valence-corrected chi connectivity index (χ4v) is 3.03. The summed E-state index contributed by atoms with van der Waals surface area (Å²) in [5.74, 6) is 0.0437. The summed E-state index contributed by atoms with van der Waals surface area (Å²) >= 11 is 0. The Bertz CT molecular complexity index is 1130. The number of carbonyl (C=O) groups excluding carboxylic acids is 1. The Kier molecular flexibility index (Phi) is 3.96. The number of nitrogens with zero attached hydrogens (tertiary/aromatic N) is 3. The standard InChI is InChI=1S/C19H17N5O2/c1-2-16(24-11-20-13-8-4-3-7-12(13)18(24)26)17(25)23-19-21-14-9-5-6-10-15(14)22-19/h3-11,16H,2H2,1H3,(H2,21,22,23,25). The molecule has 4 aromatic rings. The van der Waals surface area contributed by atoms with E-state index in [1.807, 2.05) is 37.3 Å². The number of rotatable bonds is 4. The molecule has 0 spiro atoms. The highest BCUT2D eigenvalue weighted by atomic mass is 16.2.